The first-order valence-corrected chi connectivity index (χ1v) is 5.69. The van der Waals surface area contributed by atoms with Crippen molar-refractivity contribution in [3.05, 3.63) is 63.7 Å². The average molecular weight is 293 g/mol. The molecule has 2 aromatic rings. The third-order valence-corrected chi connectivity index (χ3v) is 2.62. The number of nitro groups is 1. The Morgan fingerprint density at radius 1 is 1.19 bits per heavy atom. The summed E-state index contributed by atoms with van der Waals surface area (Å²) in [5.41, 5.74) is 4.77. The molecule has 8 heteroatoms. The van der Waals surface area contributed by atoms with Gasteiger partial charge in [0, 0.05) is 11.4 Å². The molecule has 3 N–H and O–H groups in total. The summed E-state index contributed by atoms with van der Waals surface area (Å²) in [5, 5.41) is 13.1. The van der Waals surface area contributed by atoms with Gasteiger partial charge in [-0.15, -0.1) is 0 Å². The lowest BCUT2D eigenvalue weighted by molar-refractivity contribution is -0.385. The van der Waals surface area contributed by atoms with Gasteiger partial charge in [-0.3, -0.25) is 14.9 Å². The van der Waals surface area contributed by atoms with Crippen molar-refractivity contribution in [2.75, 3.05) is 11.1 Å². The minimum absolute atomic E-state index is 0.277. The summed E-state index contributed by atoms with van der Waals surface area (Å²) in [6, 6.07) is 6.91. The van der Waals surface area contributed by atoms with E-state index in [-0.39, 0.29) is 5.69 Å². The van der Waals surface area contributed by atoms with Crippen LogP contribution < -0.4 is 11.1 Å². The summed E-state index contributed by atoms with van der Waals surface area (Å²) in [6.07, 6.45) is 0. The van der Waals surface area contributed by atoms with Crippen molar-refractivity contribution >= 4 is 23.0 Å². The summed E-state index contributed by atoms with van der Waals surface area (Å²) in [4.78, 5) is 21.8. The van der Waals surface area contributed by atoms with Crippen LogP contribution in [-0.4, -0.2) is 10.8 Å². The molecule has 0 radical (unpaired) electrons. The van der Waals surface area contributed by atoms with Crippen molar-refractivity contribution in [1.82, 2.24) is 0 Å². The van der Waals surface area contributed by atoms with Crippen molar-refractivity contribution in [3.8, 4) is 0 Å². The Morgan fingerprint density at radius 2 is 1.86 bits per heavy atom. The Balaban J connectivity index is 2.39. The third kappa shape index (κ3) is 3.11. The number of hydrogen-bond donors (Lipinski definition) is 2. The van der Waals surface area contributed by atoms with Crippen LogP contribution in [0.2, 0.25) is 0 Å². The predicted octanol–water partition coefficient (Wildman–Crippen LogP) is 2.71. The van der Waals surface area contributed by atoms with Crippen LogP contribution in [0.15, 0.2) is 36.4 Å². The van der Waals surface area contributed by atoms with Gasteiger partial charge in [0.1, 0.15) is 5.56 Å². The van der Waals surface area contributed by atoms with Crippen molar-refractivity contribution in [1.29, 1.82) is 0 Å². The van der Waals surface area contributed by atoms with E-state index in [1.807, 2.05) is 0 Å². The van der Waals surface area contributed by atoms with Crippen LogP contribution in [0.1, 0.15) is 10.4 Å². The maximum Gasteiger partial charge on any atom is 0.285 e. The highest BCUT2D eigenvalue weighted by Gasteiger charge is 2.24. The van der Waals surface area contributed by atoms with E-state index in [4.69, 9.17) is 5.73 Å². The number of nitrogens with one attached hydrogen (secondary N) is 1. The smallest absolute Gasteiger partial charge is 0.285 e. The van der Waals surface area contributed by atoms with E-state index in [1.54, 1.807) is 12.1 Å². The number of carbonyl (C=O) groups excluding carboxylic acids is 1. The second kappa shape index (κ2) is 5.53. The molecule has 108 valence electrons. The molecule has 0 atom stereocenters. The monoisotopic (exact) mass is 293 g/mol. The molecule has 0 aliphatic heterocycles. The molecule has 2 rings (SSSR count). The quantitative estimate of drug-likeness (QED) is 0.516. The molecule has 6 nitrogen and oxygen atoms in total. The molecule has 0 saturated heterocycles. The van der Waals surface area contributed by atoms with Gasteiger partial charge in [-0.1, -0.05) is 6.07 Å². The third-order valence-electron chi connectivity index (χ3n) is 2.62. The number of rotatable bonds is 3. The molecule has 21 heavy (non-hydrogen) atoms. The molecule has 0 unspecified atom stereocenters. The number of benzene rings is 2. The second-order valence-electron chi connectivity index (χ2n) is 4.12. The number of carbonyl (C=O) groups is 1. The van der Waals surface area contributed by atoms with E-state index >= 15 is 0 Å². The van der Waals surface area contributed by atoms with E-state index in [0.717, 1.165) is 0 Å². The van der Waals surface area contributed by atoms with Gasteiger partial charge in [-0.2, -0.15) is 0 Å². The Labute approximate surface area is 117 Å². The Hall–Kier alpha value is -3.03. The van der Waals surface area contributed by atoms with Gasteiger partial charge < -0.3 is 11.1 Å². The number of amides is 1. The van der Waals surface area contributed by atoms with Crippen LogP contribution in [0.3, 0.4) is 0 Å². The predicted molar refractivity (Wildman–Crippen MR) is 71.8 cm³/mol. The highest BCUT2D eigenvalue weighted by molar-refractivity contribution is 6.07. The molecule has 1 amide bonds. The normalized spacial score (nSPS) is 10.2. The van der Waals surface area contributed by atoms with Crippen LogP contribution in [0.5, 0.6) is 0 Å². The van der Waals surface area contributed by atoms with Crippen LogP contribution in [0, 0.1) is 21.7 Å². The van der Waals surface area contributed by atoms with Gasteiger partial charge in [0.25, 0.3) is 11.6 Å². The lowest BCUT2D eigenvalue weighted by Crippen LogP contribution is -2.15. The van der Waals surface area contributed by atoms with E-state index in [9.17, 15) is 23.7 Å². The number of nitro benzene ring substituents is 1. The number of nitrogens with zero attached hydrogens (tertiary/aromatic N) is 1. The topological polar surface area (TPSA) is 98.3 Å². The number of nitrogen functional groups attached to an aromatic ring is 1. The fourth-order valence-corrected chi connectivity index (χ4v) is 1.68. The first kappa shape index (κ1) is 14.4. The first-order chi connectivity index (χ1) is 9.88. The zero-order valence-corrected chi connectivity index (χ0v) is 10.5. The molecule has 0 fully saturated rings. The Kier molecular flexibility index (Phi) is 3.79. The van der Waals surface area contributed by atoms with Crippen molar-refractivity contribution in [2.24, 2.45) is 0 Å². The first-order valence-electron chi connectivity index (χ1n) is 5.69. The maximum absolute atomic E-state index is 13.2. The molecule has 0 spiro atoms. The average Bonchev–Trinajstić information content (AvgIpc) is 2.41. The summed E-state index contributed by atoms with van der Waals surface area (Å²) < 4.78 is 26.2. The van der Waals surface area contributed by atoms with Crippen LogP contribution in [0.4, 0.5) is 25.8 Å². The van der Waals surface area contributed by atoms with E-state index in [1.165, 1.54) is 12.1 Å². The van der Waals surface area contributed by atoms with Crippen molar-refractivity contribution < 1.29 is 18.5 Å². The van der Waals surface area contributed by atoms with Crippen molar-refractivity contribution in [3.63, 3.8) is 0 Å². The van der Waals surface area contributed by atoms with E-state index < -0.39 is 33.7 Å². The minimum atomic E-state index is -1.40. The number of anilines is 2. The molecular formula is C13H9F2N3O3. The van der Waals surface area contributed by atoms with Gasteiger partial charge in [0.05, 0.1) is 11.0 Å². The number of nitrogens with two attached hydrogens (primary N) is 1. The summed E-state index contributed by atoms with van der Waals surface area (Å²) >= 11 is 0. The van der Waals surface area contributed by atoms with Crippen LogP contribution in [-0.2, 0) is 0 Å². The zero-order chi connectivity index (χ0) is 15.6. The van der Waals surface area contributed by atoms with Gasteiger partial charge in [-0.25, -0.2) is 8.78 Å². The highest BCUT2D eigenvalue weighted by atomic mass is 19.2. The van der Waals surface area contributed by atoms with Gasteiger partial charge in [0.2, 0.25) is 0 Å². The highest BCUT2D eigenvalue weighted by Crippen LogP contribution is 2.23. The molecule has 0 aliphatic carbocycles. The zero-order valence-electron chi connectivity index (χ0n) is 10.5. The lowest BCUT2D eigenvalue weighted by Gasteiger charge is -2.07. The molecule has 0 saturated carbocycles. The molecule has 0 bridgehead atoms. The van der Waals surface area contributed by atoms with E-state index in [0.29, 0.717) is 17.8 Å². The molecule has 0 heterocycles. The number of hydrogen-bond acceptors (Lipinski definition) is 4. The fraction of sp³-hybridized carbons (Fsp3) is 0. The summed E-state index contributed by atoms with van der Waals surface area (Å²) in [5.74, 6) is -3.69. The Morgan fingerprint density at radius 3 is 2.48 bits per heavy atom. The van der Waals surface area contributed by atoms with Crippen LogP contribution >= 0.6 is 0 Å². The summed E-state index contributed by atoms with van der Waals surface area (Å²) in [7, 11) is 0. The number of halogens is 2. The second-order valence-corrected chi connectivity index (χ2v) is 4.12. The molecular weight excluding hydrogens is 284 g/mol. The van der Waals surface area contributed by atoms with Gasteiger partial charge in [0.15, 0.2) is 11.6 Å². The standard InChI is InChI=1S/C13H9F2N3O3/c14-10-5-9(12(18(20)21)6-11(10)15)13(19)17-8-3-1-2-7(16)4-8/h1-6H,16H2,(H,17,19). The Bertz CT molecular complexity index is 735. The maximum atomic E-state index is 13.2. The SMILES string of the molecule is Nc1cccc(NC(=O)c2cc(F)c(F)cc2[N+](=O)[O-])c1. The minimum Gasteiger partial charge on any atom is -0.399 e. The molecule has 0 aliphatic rings. The summed E-state index contributed by atoms with van der Waals surface area (Å²) in [6.45, 7) is 0. The molecule has 0 aromatic heterocycles. The van der Waals surface area contributed by atoms with Crippen molar-refractivity contribution in [2.45, 2.75) is 0 Å². The fourth-order valence-electron chi connectivity index (χ4n) is 1.68. The van der Waals surface area contributed by atoms with Crippen LogP contribution in [0.25, 0.3) is 0 Å². The van der Waals surface area contributed by atoms with Gasteiger partial charge in [-0.05, 0) is 24.3 Å². The molecule has 2 aromatic carbocycles. The largest absolute Gasteiger partial charge is 0.399 e. The van der Waals surface area contributed by atoms with Gasteiger partial charge >= 0.3 is 0 Å². The van der Waals surface area contributed by atoms with E-state index in [2.05, 4.69) is 5.32 Å². The lowest BCUT2D eigenvalue weighted by atomic mass is 10.1.